The quantitative estimate of drug-likeness (QED) is 0.623. The molecule has 0 aliphatic heterocycles. The summed E-state index contributed by atoms with van der Waals surface area (Å²) in [6.07, 6.45) is -2.91. The summed E-state index contributed by atoms with van der Waals surface area (Å²) < 4.78 is 42.8. The monoisotopic (exact) mass is 290 g/mol. The van der Waals surface area contributed by atoms with Gasteiger partial charge in [-0.2, -0.15) is 13.2 Å². The minimum atomic E-state index is -4.32. The first-order valence-electron chi connectivity index (χ1n) is 6.38. The molecule has 0 aliphatic rings. The molecule has 0 heterocycles. The van der Waals surface area contributed by atoms with Crippen LogP contribution >= 0.6 is 0 Å². The predicted molar refractivity (Wildman–Crippen MR) is 71.8 cm³/mol. The highest BCUT2D eigenvalue weighted by Gasteiger charge is 2.30. The molecule has 0 aliphatic carbocycles. The van der Waals surface area contributed by atoms with Crippen LogP contribution < -0.4 is 11.3 Å². The van der Waals surface area contributed by atoms with Crippen LogP contribution in [0.2, 0.25) is 0 Å². The fourth-order valence-corrected chi connectivity index (χ4v) is 1.84. The Kier molecular flexibility index (Phi) is 5.56. The van der Waals surface area contributed by atoms with Gasteiger partial charge in [-0.15, -0.1) is 0 Å². The zero-order valence-corrected chi connectivity index (χ0v) is 11.9. The van der Waals surface area contributed by atoms with E-state index in [1.807, 2.05) is 13.8 Å². The van der Waals surface area contributed by atoms with E-state index in [4.69, 9.17) is 10.6 Å². The molecule has 1 unspecified atom stereocenters. The molecule has 0 aromatic heterocycles. The number of benzene rings is 1. The number of ether oxygens (including phenoxy) is 1. The number of alkyl halides is 3. The second kappa shape index (κ2) is 6.56. The number of hydrogen-bond donors (Lipinski definition) is 2. The first-order chi connectivity index (χ1) is 9.19. The van der Waals surface area contributed by atoms with E-state index in [-0.39, 0.29) is 11.6 Å². The molecule has 0 saturated heterocycles. The van der Waals surface area contributed by atoms with Crippen molar-refractivity contribution in [2.45, 2.75) is 44.5 Å². The van der Waals surface area contributed by atoms with Gasteiger partial charge in [-0.1, -0.05) is 12.1 Å². The highest BCUT2D eigenvalue weighted by atomic mass is 19.4. The molecule has 1 rings (SSSR count). The molecule has 0 bridgehead atoms. The summed E-state index contributed by atoms with van der Waals surface area (Å²) in [5.41, 5.74) is 2.42. The summed E-state index contributed by atoms with van der Waals surface area (Å²) in [4.78, 5) is 0. The summed E-state index contributed by atoms with van der Waals surface area (Å²) in [5.74, 6) is 5.49. The van der Waals surface area contributed by atoms with Crippen molar-refractivity contribution < 1.29 is 17.9 Å². The lowest BCUT2D eigenvalue weighted by Crippen LogP contribution is -2.31. The van der Waals surface area contributed by atoms with Crippen molar-refractivity contribution in [3.05, 3.63) is 35.4 Å². The molecular weight excluding hydrogens is 269 g/mol. The molecule has 3 N–H and O–H groups in total. The number of methoxy groups -OCH3 is 1. The molecule has 3 nitrogen and oxygen atoms in total. The Labute approximate surface area is 117 Å². The molecule has 0 radical (unpaired) electrons. The zero-order chi connectivity index (χ0) is 15.4. The largest absolute Gasteiger partial charge is 0.416 e. The number of halogens is 3. The van der Waals surface area contributed by atoms with Crippen LogP contribution in [0.5, 0.6) is 0 Å². The highest BCUT2D eigenvalue weighted by molar-refractivity contribution is 5.26. The third-order valence-electron chi connectivity index (χ3n) is 3.43. The number of nitrogens with two attached hydrogens (primary N) is 1. The van der Waals surface area contributed by atoms with Crippen molar-refractivity contribution in [3.8, 4) is 0 Å². The van der Waals surface area contributed by atoms with Crippen LogP contribution in [0.4, 0.5) is 13.2 Å². The van der Waals surface area contributed by atoms with Crippen molar-refractivity contribution in [1.29, 1.82) is 0 Å². The van der Waals surface area contributed by atoms with Crippen LogP contribution in [0, 0.1) is 0 Å². The smallest absolute Gasteiger partial charge is 0.379 e. The Morgan fingerprint density at radius 3 is 2.15 bits per heavy atom. The third kappa shape index (κ3) is 4.77. The second-order valence-corrected chi connectivity index (χ2v) is 5.34. The fourth-order valence-electron chi connectivity index (χ4n) is 1.84. The Morgan fingerprint density at radius 1 is 1.20 bits per heavy atom. The number of hydrogen-bond acceptors (Lipinski definition) is 3. The molecule has 0 fully saturated rings. The molecule has 20 heavy (non-hydrogen) atoms. The molecule has 1 aromatic carbocycles. The van der Waals surface area contributed by atoms with E-state index in [2.05, 4.69) is 5.43 Å². The van der Waals surface area contributed by atoms with E-state index in [0.717, 1.165) is 24.1 Å². The van der Waals surface area contributed by atoms with Crippen LogP contribution in [-0.4, -0.2) is 12.7 Å². The van der Waals surface area contributed by atoms with Crippen molar-refractivity contribution in [2.24, 2.45) is 5.84 Å². The molecule has 0 spiro atoms. The van der Waals surface area contributed by atoms with E-state index >= 15 is 0 Å². The molecule has 0 saturated carbocycles. The summed E-state index contributed by atoms with van der Waals surface area (Å²) in [7, 11) is 1.63. The number of nitrogens with one attached hydrogen (secondary N) is 1. The second-order valence-electron chi connectivity index (χ2n) is 5.34. The van der Waals surface area contributed by atoms with Gasteiger partial charge in [-0.3, -0.25) is 11.3 Å². The van der Waals surface area contributed by atoms with Gasteiger partial charge in [0, 0.05) is 13.2 Å². The maximum absolute atomic E-state index is 12.5. The SMILES string of the molecule is COC(C)(C)CCC(NN)c1ccc(C(F)(F)F)cc1. The predicted octanol–water partition coefficient (Wildman–Crippen LogP) is 3.42. The maximum atomic E-state index is 12.5. The van der Waals surface area contributed by atoms with E-state index in [1.165, 1.54) is 12.1 Å². The van der Waals surface area contributed by atoms with Gasteiger partial charge in [0.2, 0.25) is 0 Å². The summed E-state index contributed by atoms with van der Waals surface area (Å²) in [6.45, 7) is 3.90. The van der Waals surface area contributed by atoms with Crippen molar-refractivity contribution >= 4 is 0 Å². The summed E-state index contributed by atoms with van der Waals surface area (Å²) in [5, 5.41) is 0. The van der Waals surface area contributed by atoms with Gasteiger partial charge in [-0.25, -0.2) is 0 Å². The topological polar surface area (TPSA) is 47.3 Å². The Morgan fingerprint density at radius 2 is 1.75 bits per heavy atom. The average Bonchev–Trinajstić information content (AvgIpc) is 2.39. The van der Waals surface area contributed by atoms with Crippen LogP contribution in [0.3, 0.4) is 0 Å². The van der Waals surface area contributed by atoms with Crippen LogP contribution in [0.1, 0.15) is 43.9 Å². The standard InChI is InChI=1S/C14H21F3N2O/c1-13(2,20-3)9-8-12(19-18)10-4-6-11(7-5-10)14(15,16)17/h4-7,12,19H,8-9,18H2,1-3H3. The maximum Gasteiger partial charge on any atom is 0.416 e. The summed E-state index contributed by atoms with van der Waals surface area (Å²) in [6, 6.07) is 4.84. The molecule has 0 amide bonds. The van der Waals surface area contributed by atoms with E-state index in [1.54, 1.807) is 7.11 Å². The van der Waals surface area contributed by atoms with Gasteiger partial charge in [0.25, 0.3) is 0 Å². The van der Waals surface area contributed by atoms with Crippen molar-refractivity contribution in [1.82, 2.24) is 5.43 Å². The van der Waals surface area contributed by atoms with Crippen LogP contribution in [0.15, 0.2) is 24.3 Å². The normalized spacial score (nSPS) is 14.3. The van der Waals surface area contributed by atoms with E-state index in [0.29, 0.717) is 6.42 Å². The van der Waals surface area contributed by atoms with Gasteiger partial charge in [0.05, 0.1) is 11.2 Å². The van der Waals surface area contributed by atoms with Gasteiger partial charge in [0.1, 0.15) is 0 Å². The Hall–Kier alpha value is -1.11. The lowest BCUT2D eigenvalue weighted by molar-refractivity contribution is -0.137. The number of rotatable bonds is 6. The summed E-state index contributed by atoms with van der Waals surface area (Å²) >= 11 is 0. The van der Waals surface area contributed by atoms with Gasteiger partial charge in [-0.05, 0) is 44.4 Å². The lowest BCUT2D eigenvalue weighted by Gasteiger charge is -2.26. The molecular formula is C14H21F3N2O. The fraction of sp³-hybridized carbons (Fsp3) is 0.571. The third-order valence-corrected chi connectivity index (χ3v) is 3.43. The first kappa shape index (κ1) is 16.9. The van der Waals surface area contributed by atoms with E-state index < -0.39 is 11.7 Å². The Balaban J connectivity index is 2.76. The lowest BCUT2D eigenvalue weighted by atomic mass is 9.95. The minimum Gasteiger partial charge on any atom is -0.379 e. The molecule has 6 heteroatoms. The van der Waals surface area contributed by atoms with Crippen LogP contribution in [-0.2, 0) is 10.9 Å². The average molecular weight is 290 g/mol. The van der Waals surface area contributed by atoms with Gasteiger partial charge < -0.3 is 4.74 Å². The first-order valence-corrected chi connectivity index (χ1v) is 6.38. The van der Waals surface area contributed by atoms with Gasteiger partial charge >= 0.3 is 6.18 Å². The van der Waals surface area contributed by atoms with Crippen LogP contribution in [0.25, 0.3) is 0 Å². The highest BCUT2D eigenvalue weighted by Crippen LogP contribution is 2.31. The molecule has 1 aromatic rings. The van der Waals surface area contributed by atoms with E-state index in [9.17, 15) is 13.2 Å². The molecule has 114 valence electrons. The number of hydrazine groups is 1. The van der Waals surface area contributed by atoms with Crippen molar-refractivity contribution in [2.75, 3.05) is 7.11 Å². The zero-order valence-electron chi connectivity index (χ0n) is 11.9. The van der Waals surface area contributed by atoms with Crippen molar-refractivity contribution in [3.63, 3.8) is 0 Å². The molecule has 1 atom stereocenters. The minimum absolute atomic E-state index is 0.202. The Bertz CT molecular complexity index is 415. The van der Waals surface area contributed by atoms with Gasteiger partial charge in [0.15, 0.2) is 0 Å².